The molecule has 0 aliphatic rings. The number of nitrogens with zero attached hydrogens (tertiary/aromatic N) is 5. The van der Waals surface area contributed by atoms with Gasteiger partial charge in [0.05, 0.1) is 17.6 Å². The van der Waals surface area contributed by atoms with E-state index in [1.165, 1.54) is 16.9 Å². The van der Waals surface area contributed by atoms with Crippen LogP contribution < -0.4 is 4.90 Å². The SMILES string of the molecule is CCn1c(SCc2csc(N(C(C)=O)c3ccc(C)c(C)c3)n2)nnc1-c1ccco1. The molecule has 0 aliphatic heterocycles. The quantitative estimate of drug-likeness (QED) is 0.339. The standard InChI is InChI=1S/C22H23N5O2S2/c1-5-26-20(19-7-6-10-29-19)24-25-22(26)31-13-17-12-30-21(23-17)27(16(4)28)18-9-8-14(2)15(3)11-18/h6-12H,5,13H2,1-4H3. The average Bonchev–Trinajstić information content (AvgIpc) is 3.49. The molecular formula is C22H23N5O2S2. The third-order valence-electron chi connectivity index (χ3n) is 4.92. The first-order valence-corrected chi connectivity index (χ1v) is 11.8. The normalized spacial score (nSPS) is 11.1. The maximum atomic E-state index is 12.4. The van der Waals surface area contributed by atoms with Crippen LogP contribution in [0, 0.1) is 13.8 Å². The van der Waals surface area contributed by atoms with Crippen molar-refractivity contribution >= 4 is 39.8 Å². The summed E-state index contributed by atoms with van der Waals surface area (Å²) < 4.78 is 7.49. The van der Waals surface area contributed by atoms with Crippen molar-refractivity contribution in [3.63, 3.8) is 0 Å². The van der Waals surface area contributed by atoms with E-state index in [4.69, 9.17) is 9.40 Å². The first kappa shape index (κ1) is 21.3. The molecule has 1 aromatic carbocycles. The molecule has 0 bridgehead atoms. The number of rotatable bonds is 7. The lowest BCUT2D eigenvalue weighted by molar-refractivity contribution is -0.115. The number of hydrogen-bond donors (Lipinski definition) is 0. The molecule has 3 heterocycles. The van der Waals surface area contributed by atoms with Crippen molar-refractivity contribution < 1.29 is 9.21 Å². The minimum absolute atomic E-state index is 0.0642. The molecule has 0 fully saturated rings. The zero-order valence-electron chi connectivity index (χ0n) is 17.8. The molecule has 0 radical (unpaired) electrons. The predicted octanol–water partition coefficient (Wildman–Crippen LogP) is 5.61. The molecular weight excluding hydrogens is 430 g/mol. The van der Waals surface area contributed by atoms with Crippen molar-refractivity contribution in [2.75, 3.05) is 4.90 Å². The second-order valence-corrected chi connectivity index (χ2v) is 8.84. The zero-order valence-corrected chi connectivity index (χ0v) is 19.5. The van der Waals surface area contributed by atoms with E-state index in [0.29, 0.717) is 22.5 Å². The van der Waals surface area contributed by atoms with Gasteiger partial charge < -0.3 is 4.42 Å². The fraction of sp³-hybridized carbons (Fsp3) is 0.273. The van der Waals surface area contributed by atoms with Crippen LogP contribution >= 0.6 is 23.1 Å². The number of thiazole rings is 1. The van der Waals surface area contributed by atoms with Crippen LogP contribution in [0.25, 0.3) is 11.6 Å². The van der Waals surface area contributed by atoms with Crippen LogP contribution in [0.4, 0.5) is 10.8 Å². The maximum absolute atomic E-state index is 12.4. The Balaban J connectivity index is 1.52. The zero-order chi connectivity index (χ0) is 22.0. The molecule has 1 amide bonds. The van der Waals surface area contributed by atoms with Gasteiger partial charge in [0, 0.05) is 24.6 Å². The van der Waals surface area contributed by atoms with E-state index in [0.717, 1.165) is 28.6 Å². The Kier molecular flexibility index (Phi) is 6.24. The summed E-state index contributed by atoms with van der Waals surface area (Å²) in [6.07, 6.45) is 1.63. The molecule has 0 atom stereocenters. The molecule has 0 aliphatic carbocycles. The Bertz CT molecular complexity index is 1200. The summed E-state index contributed by atoms with van der Waals surface area (Å²) in [4.78, 5) is 18.8. The van der Waals surface area contributed by atoms with Gasteiger partial charge >= 0.3 is 0 Å². The summed E-state index contributed by atoms with van der Waals surface area (Å²) in [5.74, 6) is 1.98. The summed E-state index contributed by atoms with van der Waals surface area (Å²) in [6, 6.07) is 9.72. The number of carbonyl (C=O) groups excluding carboxylic acids is 1. The molecule has 3 aromatic heterocycles. The van der Waals surface area contributed by atoms with Crippen molar-refractivity contribution in [1.82, 2.24) is 19.7 Å². The summed E-state index contributed by atoms with van der Waals surface area (Å²) in [6.45, 7) is 8.45. The van der Waals surface area contributed by atoms with Gasteiger partial charge in [0.2, 0.25) is 5.91 Å². The number of amides is 1. The second-order valence-electron chi connectivity index (χ2n) is 7.06. The molecule has 0 N–H and O–H groups in total. The van der Waals surface area contributed by atoms with E-state index in [1.54, 1.807) is 29.8 Å². The Morgan fingerprint density at radius 1 is 1.23 bits per heavy atom. The number of furan rings is 1. The minimum atomic E-state index is -0.0642. The predicted molar refractivity (Wildman–Crippen MR) is 124 cm³/mol. The van der Waals surface area contributed by atoms with E-state index >= 15 is 0 Å². The first-order valence-electron chi connectivity index (χ1n) is 9.90. The highest BCUT2D eigenvalue weighted by atomic mass is 32.2. The largest absolute Gasteiger partial charge is 0.461 e. The van der Waals surface area contributed by atoms with Crippen LogP contribution in [0.1, 0.15) is 30.7 Å². The van der Waals surface area contributed by atoms with Gasteiger partial charge in [0.25, 0.3) is 0 Å². The van der Waals surface area contributed by atoms with Gasteiger partial charge in [-0.2, -0.15) is 0 Å². The third kappa shape index (κ3) is 4.42. The molecule has 0 saturated heterocycles. The minimum Gasteiger partial charge on any atom is -0.461 e. The Morgan fingerprint density at radius 3 is 2.74 bits per heavy atom. The fourth-order valence-corrected chi connectivity index (χ4v) is 5.05. The summed E-state index contributed by atoms with van der Waals surface area (Å²) in [7, 11) is 0. The monoisotopic (exact) mass is 453 g/mol. The van der Waals surface area contributed by atoms with E-state index in [9.17, 15) is 4.79 Å². The molecule has 7 nitrogen and oxygen atoms in total. The van der Waals surface area contributed by atoms with E-state index in [2.05, 4.69) is 24.0 Å². The smallest absolute Gasteiger partial charge is 0.230 e. The van der Waals surface area contributed by atoms with Crippen molar-refractivity contribution in [1.29, 1.82) is 0 Å². The molecule has 160 valence electrons. The van der Waals surface area contributed by atoms with Crippen LogP contribution in [0.2, 0.25) is 0 Å². The lowest BCUT2D eigenvalue weighted by Crippen LogP contribution is -2.22. The third-order valence-corrected chi connectivity index (χ3v) is 6.79. The summed E-state index contributed by atoms with van der Waals surface area (Å²) in [5, 5.41) is 12.1. The van der Waals surface area contributed by atoms with Gasteiger partial charge in [-0.3, -0.25) is 14.3 Å². The van der Waals surface area contributed by atoms with Gasteiger partial charge in [-0.1, -0.05) is 17.8 Å². The highest BCUT2D eigenvalue weighted by molar-refractivity contribution is 7.98. The molecule has 0 saturated carbocycles. The molecule has 4 aromatic rings. The van der Waals surface area contributed by atoms with Crippen LogP contribution in [0.15, 0.2) is 51.5 Å². The van der Waals surface area contributed by atoms with Crippen LogP contribution in [-0.2, 0) is 17.1 Å². The number of anilines is 2. The van der Waals surface area contributed by atoms with Crippen molar-refractivity contribution in [3.8, 4) is 11.6 Å². The van der Waals surface area contributed by atoms with Gasteiger partial charge in [0.15, 0.2) is 21.9 Å². The fourth-order valence-electron chi connectivity index (χ4n) is 3.16. The number of aryl methyl sites for hydroxylation is 2. The summed E-state index contributed by atoms with van der Waals surface area (Å²) >= 11 is 3.03. The number of benzene rings is 1. The lowest BCUT2D eigenvalue weighted by atomic mass is 10.1. The molecule has 31 heavy (non-hydrogen) atoms. The lowest BCUT2D eigenvalue weighted by Gasteiger charge is -2.19. The Hall–Kier alpha value is -2.91. The number of carbonyl (C=O) groups is 1. The highest BCUT2D eigenvalue weighted by Gasteiger charge is 2.20. The number of hydrogen-bond acceptors (Lipinski definition) is 7. The molecule has 4 rings (SSSR count). The summed E-state index contributed by atoms with van der Waals surface area (Å²) in [5.41, 5.74) is 4.06. The number of thioether (sulfide) groups is 1. The van der Waals surface area contributed by atoms with Gasteiger partial charge in [-0.25, -0.2) is 4.98 Å². The van der Waals surface area contributed by atoms with Crippen LogP contribution in [0.3, 0.4) is 0 Å². The molecule has 0 spiro atoms. The topological polar surface area (TPSA) is 77.1 Å². The Labute approximate surface area is 189 Å². The van der Waals surface area contributed by atoms with Crippen molar-refractivity contribution in [2.45, 2.75) is 45.1 Å². The van der Waals surface area contributed by atoms with E-state index in [1.807, 2.05) is 47.2 Å². The van der Waals surface area contributed by atoms with E-state index < -0.39 is 0 Å². The van der Waals surface area contributed by atoms with Gasteiger partial charge in [-0.15, -0.1) is 21.5 Å². The van der Waals surface area contributed by atoms with Crippen LogP contribution in [-0.4, -0.2) is 25.7 Å². The Morgan fingerprint density at radius 2 is 2.06 bits per heavy atom. The maximum Gasteiger partial charge on any atom is 0.230 e. The average molecular weight is 454 g/mol. The van der Waals surface area contributed by atoms with Gasteiger partial charge in [-0.05, 0) is 56.2 Å². The first-order chi connectivity index (χ1) is 15.0. The second kappa shape index (κ2) is 9.07. The molecule has 9 heteroatoms. The van der Waals surface area contributed by atoms with Crippen molar-refractivity contribution in [2.24, 2.45) is 0 Å². The highest BCUT2D eigenvalue weighted by Crippen LogP contribution is 2.32. The van der Waals surface area contributed by atoms with Gasteiger partial charge in [0.1, 0.15) is 0 Å². The van der Waals surface area contributed by atoms with E-state index in [-0.39, 0.29) is 5.91 Å². The van der Waals surface area contributed by atoms with Crippen LogP contribution in [0.5, 0.6) is 0 Å². The number of aromatic nitrogens is 4. The molecule has 0 unspecified atom stereocenters. The van der Waals surface area contributed by atoms with Crippen molar-refractivity contribution in [3.05, 3.63) is 58.8 Å².